The van der Waals surface area contributed by atoms with Crippen molar-refractivity contribution in [1.82, 2.24) is 10.2 Å². The van der Waals surface area contributed by atoms with E-state index in [4.69, 9.17) is 23.9 Å². The average molecular weight is 610 g/mol. The third-order valence-corrected chi connectivity index (χ3v) is 9.26. The summed E-state index contributed by atoms with van der Waals surface area (Å²) in [6, 6.07) is 4.24. The van der Waals surface area contributed by atoms with Crippen LogP contribution in [0.5, 0.6) is 5.75 Å². The molecule has 0 spiro atoms. The van der Waals surface area contributed by atoms with Crippen molar-refractivity contribution in [2.24, 2.45) is 16.3 Å². The summed E-state index contributed by atoms with van der Waals surface area (Å²) in [6.45, 7) is 7.96. The van der Waals surface area contributed by atoms with Gasteiger partial charge >= 0.3 is 12.1 Å². The molecule has 6 atom stereocenters. The lowest BCUT2D eigenvalue weighted by molar-refractivity contribution is -0.152. The first-order valence-corrected chi connectivity index (χ1v) is 16.0. The van der Waals surface area contributed by atoms with Crippen molar-refractivity contribution in [2.45, 2.75) is 109 Å². The van der Waals surface area contributed by atoms with Crippen LogP contribution in [0.4, 0.5) is 10.5 Å². The van der Waals surface area contributed by atoms with Crippen molar-refractivity contribution in [2.75, 3.05) is 20.8 Å². The van der Waals surface area contributed by atoms with Gasteiger partial charge in [0.05, 0.1) is 32.2 Å². The number of alkyl carbamates (subject to hydrolysis) is 1. The second kappa shape index (κ2) is 13.2. The smallest absolute Gasteiger partial charge is 0.408 e. The van der Waals surface area contributed by atoms with Crippen LogP contribution in [0, 0.1) is 11.3 Å². The van der Waals surface area contributed by atoms with E-state index in [2.05, 4.69) is 18.3 Å². The molecule has 3 fully saturated rings. The number of amides is 2. The number of methoxy groups -OCH3 is 2. The fourth-order valence-electron chi connectivity index (χ4n) is 6.56. The van der Waals surface area contributed by atoms with Crippen molar-refractivity contribution in [3.8, 4) is 5.75 Å². The van der Waals surface area contributed by atoms with Crippen LogP contribution in [-0.4, -0.2) is 73.6 Å². The third kappa shape index (κ3) is 7.05. The highest BCUT2D eigenvalue weighted by Crippen LogP contribution is 2.40. The maximum atomic E-state index is 14.1. The predicted molar refractivity (Wildman–Crippen MR) is 166 cm³/mol. The molecule has 5 rings (SSSR count). The maximum Gasteiger partial charge on any atom is 0.408 e. The fraction of sp³-hybridized carbons (Fsp3) is 0.647. The zero-order valence-electron chi connectivity index (χ0n) is 26.9. The van der Waals surface area contributed by atoms with Gasteiger partial charge in [0.25, 0.3) is 0 Å². The number of esters is 1. The summed E-state index contributed by atoms with van der Waals surface area (Å²) in [5.74, 6) is 1.00. The monoisotopic (exact) mass is 609 g/mol. The van der Waals surface area contributed by atoms with Gasteiger partial charge in [0.2, 0.25) is 5.91 Å². The van der Waals surface area contributed by atoms with E-state index < -0.39 is 35.7 Å². The van der Waals surface area contributed by atoms with Gasteiger partial charge in [0, 0.05) is 12.3 Å². The van der Waals surface area contributed by atoms with Crippen LogP contribution in [-0.2, 0) is 23.8 Å². The van der Waals surface area contributed by atoms with E-state index in [9.17, 15) is 14.4 Å². The standard InChI is InChI=1S/C34H47N3O7/c1-7-20-15-29-26(35-25-14-13-22(41-5)17-24(20)25)12-10-8-9-11-21-16-28(21)44-33(40)36-30(34(2,3)4)31(38)37-19-23(43-29)18-27(37)32(39)42-6/h13-15,17,20-21,23,27-28,30H,7-12,16,18-19H2,1-6H3,(H,36,40). The summed E-state index contributed by atoms with van der Waals surface area (Å²) < 4.78 is 23.1. The molecule has 44 heavy (non-hydrogen) atoms. The van der Waals surface area contributed by atoms with E-state index in [1.54, 1.807) is 7.11 Å². The van der Waals surface area contributed by atoms with Gasteiger partial charge in [0.15, 0.2) is 0 Å². The molecule has 4 aliphatic rings. The van der Waals surface area contributed by atoms with E-state index in [0.29, 0.717) is 11.7 Å². The van der Waals surface area contributed by atoms with Gasteiger partial charge in [-0.2, -0.15) is 0 Å². The number of benzene rings is 1. The molecule has 10 nitrogen and oxygen atoms in total. The minimum atomic E-state index is -0.903. The molecule has 2 bridgehead atoms. The van der Waals surface area contributed by atoms with Crippen molar-refractivity contribution >= 4 is 29.4 Å². The lowest BCUT2D eigenvalue weighted by Gasteiger charge is -2.34. The van der Waals surface area contributed by atoms with Gasteiger partial charge in [-0.1, -0.05) is 40.5 Å². The topological polar surface area (TPSA) is 116 Å². The number of hydrogen-bond acceptors (Lipinski definition) is 8. The van der Waals surface area contributed by atoms with Crippen LogP contribution in [0.15, 0.2) is 35.0 Å². The van der Waals surface area contributed by atoms with E-state index in [1.807, 2.05) is 39.0 Å². The Morgan fingerprint density at radius 2 is 1.91 bits per heavy atom. The van der Waals surface area contributed by atoms with E-state index in [0.717, 1.165) is 67.7 Å². The molecule has 0 radical (unpaired) electrons. The highest BCUT2D eigenvalue weighted by atomic mass is 16.6. The van der Waals surface area contributed by atoms with Crippen LogP contribution < -0.4 is 10.1 Å². The summed E-state index contributed by atoms with van der Waals surface area (Å²) in [4.78, 5) is 46.7. The molecule has 1 aromatic rings. The van der Waals surface area contributed by atoms with E-state index in [1.165, 1.54) is 12.0 Å². The molecule has 1 aliphatic carbocycles. The van der Waals surface area contributed by atoms with Crippen molar-refractivity contribution in [1.29, 1.82) is 0 Å². The maximum absolute atomic E-state index is 14.1. The summed E-state index contributed by atoms with van der Waals surface area (Å²) in [5, 5.41) is 2.83. The Hall–Kier alpha value is -3.56. The number of nitrogens with one attached hydrogen (secondary N) is 1. The van der Waals surface area contributed by atoms with Gasteiger partial charge in [0.1, 0.15) is 35.8 Å². The molecule has 2 saturated heterocycles. The average Bonchev–Trinajstić information content (AvgIpc) is 3.62. The molecule has 1 N–H and O–H groups in total. The SMILES string of the molecule is CCC1C=C2OC3CC(C(=O)OC)N(C3)C(=O)C(C(C)(C)C)NC(=O)OC3CC3CCCCCC2=Nc2ccc(OC)cc21. The van der Waals surface area contributed by atoms with E-state index >= 15 is 0 Å². The zero-order chi connectivity index (χ0) is 31.6. The van der Waals surface area contributed by atoms with Gasteiger partial charge < -0.3 is 29.2 Å². The first kappa shape index (κ1) is 31.9. The first-order valence-electron chi connectivity index (χ1n) is 16.0. The number of nitrogens with zero attached hydrogens (tertiary/aromatic N) is 2. The Morgan fingerprint density at radius 3 is 2.61 bits per heavy atom. The largest absolute Gasteiger partial charge is 0.497 e. The number of allylic oxidation sites excluding steroid dienone is 2. The Kier molecular flexibility index (Phi) is 9.56. The number of rotatable bonds is 3. The molecule has 3 heterocycles. The molecular weight excluding hydrogens is 562 g/mol. The van der Waals surface area contributed by atoms with Crippen LogP contribution >= 0.6 is 0 Å². The molecule has 3 aliphatic heterocycles. The number of carbonyl (C=O) groups excluding carboxylic acids is 3. The Balaban J connectivity index is 1.50. The lowest BCUT2D eigenvalue weighted by atomic mass is 9.85. The van der Waals surface area contributed by atoms with Crippen LogP contribution in [0.25, 0.3) is 0 Å². The minimum absolute atomic E-state index is 0.0528. The van der Waals surface area contributed by atoms with Crippen molar-refractivity contribution in [3.63, 3.8) is 0 Å². The van der Waals surface area contributed by atoms with Gasteiger partial charge in [-0.25, -0.2) is 14.6 Å². The van der Waals surface area contributed by atoms with Crippen LogP contribution in [0.1, 0.15) is 90.5 Å². The highest BCUT2D eigenvalue weighted by Gasteiger charge is 2.47. The number of ether oxygens (including phenoxy) is 4. The van der Waals surface area contributed by atoms with Crippen molar-refractivity contribution in [3.05, 3.63) is 35.6 Å². The van der Waals surface area contributed by atoms with Gasteiger partial charge in [-0.05, 0) is 73.3 Å². The Bertz CT molecular complexity index is 1320. The first-order chi connectivity index (χ1) is 21.0. The molecule has 1 saturated carbocycles. The van der Waals surface area contributed by atoms with Crippen LogP contribution in [0.3, 0.4) is 0 Å². The molecular formula is C34H47N3O7. The fourth-order valence-corrected chi connectivity index (χ4v) is 6.56. The van der Waals surface area contributed by atoms with Crippen molar-refractivity contribution < 1.29 is 33.3 Å². The quantitative estimate of drug-likeness (QED) is 0.430. The molecule has 240 valence electrons. The molecule has 2 amide bonds. The highest BCUT2D eigenvalue weighted by molar-refractivity contribution is 6.01. The van der Waals surface area contributed by atoms with E-state index in [-0.39, 0.29) is 30.9 Å². The van der Waals surface area contributed by atoms with Crippen LogP contribution in [0.2, 0.25) is 0 Å². The molecule has 1 aromatic carbocycles. The normalized spacial score (nSPS) is 29.5. The Labute approximate surface area is 260 Å². The summed E-state index contributed by atoms with van der Waals surface area (Å²) in [7, 11) is 2.98. The minimum Gasteiger partial charge on any atom is -0.497 e. The molecule has 10 heteroatoms. The predicted octanol–water partition coefficient (Wildman–Crippen LogP) is 5.81. The number of fused-ring (bicyclic) bond motifs is 5. The Morgan fingerprint density at radius 1 is 1.11 bits per heavy atom. The summed E-state index contributed by atoms with van der Waals surface area (Å²) in [5.41, 5.74) is 2.23. The summed E-state index contributed by atoms with van der Waals surface area (Å²) in [6.07, 6.45) is 7.63. The molecule has 6 unspecified atom stereocenters. The van der Waals surface area contributed by atoms with Gasteiger partial charge in [-0.3, -0.25) is 4.79 Å². The zero-order valence-corrected chi connectivity index (χ0v) is 26.9. The lowest BCUT2D eigenvalue weighted by Crippen LogP contribution is -2.57. The second-order valence-corrected chi connectivity index (χ2v) is 13.5. The molecule has 0 aromatic heterocycles. The van der Waals surface area contributed by atoms with Gasteiger partial charge in [-0.15, -0.1) is 0 Å². The number of aliphatic imine (C=N–C) groups is 1. The number of carbonyl (C=O) groups is 3. The number of hydrogen-bond donors (Lipinski definition) is 1. The summed E-state index contributed by atoms with van der Waals surface area (Å²) >= 11 is 0. The third-order valence-electron chi connectivity index (χ3n) is 9.26. The second-order valence-electron chi connectivity index (χ2n) is 13.5.